The number of hydrogen-bond donors (Lipinski definition) is 2. The summed E-state index contributed by atoms with van der Waals surface area (Å²) in [5, 5.41) is 11.6. The Labute approximate surface area is 130 Å². The Kier molecular flexibility index (Phi) is 5.12. The van der Waals surface area contributed by atoms with Gasteiger partial charge in [-0.1, -0.05) is 12.1 Å². The van der Waals surface area contributed by atoms with Crippen molar-refractivity contribution in [2.45, 2.75) is 38.1 Å². The molecule has 0 saturated heterocycles. The summed E-state index contributed by atoms with van der Waals surface area (Å²) in [4.78, 5) is 23.0. The van der Waals surface area contributed by atoms with Gasteiger partial charge in [-0.2, -0.15) is 0 Å². The third-order valence-corrected chi connectivity index (χ3v) is 3.77. The molecule has 1 aliphatic rings. The van der Waals surface area contributed by atoms with E-state index in [-0.39, 0.29) is 11.6 Å². The number of carbonyl (C=O) groups excluding carboxylic acids is 1. The van der Waals surface area contributed by atoms with Gasteiger partial charge < -0.3 is 15.2 Å². The zero-order valence-electron chi connectivity index (χ0n) is 12.1. The lowest BCUT2D eigenvalue weighted by Crippen LogP contribution is -2.39. The van der Waals surface area contributed by atoms with E-state index in [0.29, 0.717) is 25.7 Å². The minimum absolute atomic E-state index is 0.204. The Morgan fingerprint density at radius 1 is 1.13 bits per heavy atom. The average Bonchev–Trinajstić information content (AvgIpc) is 2.46. The Hall–Kier alpha value is -2.25. The SMILES string of the molecule is O=C(NC1CCC(C(=O)O)CC1)c1ccccc1OC(F)(F)F. The summed E-state index contributed by atoms with van der Waals surface area (Å²) in [5.74, 6) is -2.51. The topological polar surface area (TPSA) is 75.6 Å². The van der Waals surface area contributed by atoms with Crippen molar-refractivity contribution in [3.63, 3.8) is 0 Å². The first kappa shape index (κ1) is 17.1. The van der Waals surface area contributed by atoms with Crippen molar-refractivity contribution in [2.24, 2.45) is 5.92 Å². The molecule has 1 fully saturated rings. The van der Waals surface area contributed by atoms with E-state index in [2.05, 4.69) is 10.1 Å². The zero-order chi connectivity index (χ0) is 17.0. The molecule has 1 aromatic carbocycles. The smallest absolute Gasteiger partial charge is 0.481 e. The van der Waals surface area contributed by atoms with E-state index in [1.165, 1.54) is 18.2 Å². The predicted octanol–water partition coefficient (Wildman–Crippen LogP) is 2.96. The van der Waals surface area contributed by atoms with Gasteiger partial charge in [0, 0.05) is 6.04 Å². The third kappa shape index (κ3) is 4.87. The maximum atomic E-state index is 12.4. The first-order chi connectivity index (χ1) is 10.8. The molecule has 1 aromatic rings. The number of aliphatic carboxylic acids is 1. The first-order valence-corrected chi connectivity index (χ1v) is 7.14. The molecule has 1 amide bonds. The van der Waals surface area contributed by atoms with Crippen molar-refractivity contribution in [3.05, 3.63) is 29.8 Å². The van der Waals surface area contributed by atoms with Gasteiger partial charge in [0.15, 0.2) is 0 Å². The standard InChI is InChI=1S/C15H16F3NO4/c16-15(17,18)23-12-4-2-1-3-11(12)13(20)19-10-7-5-9(6-8-10)14(21)22/h1-4,9-10H,5-8H2,(H,19,20)(H,21,22). The Bertz CT molecular complexity index is 580. The van der Waals surface area contributed by atoms with Crippen molar-refractivity contribution in [1.82, 2.24) is 5.32 Å². The highest BCUT2D eigenvalue weighted by Crippen LogP contribution is 2.28. The lowest BCUT2D eigenvalue weighted by Gasteiger charge is -2.27. The number of rotatable bonds is 4. The van der Waals surface area contributed by atoms with Crippen LogP contribution in [-0.4, -0.2) is 29.4 Å². The van der Waals surface area contributed by atoms with Gasteiger partial charge in [0.25, 0.3) is 5.91 Å². The number of hydrogen-bond acceptors (Lipinski definition) is 3. The molecule has 0 radical (unpaired) electrons. The molecule has 1 aliphatic carbocycles. The maximum absolute atomic E-state index is 12.4. The van der Waals surface area contributed by atoms with Crippen molar-refractivity contribution < 1.29 is 32.6 Å². The van der Waals surface area contributed by atoms with Crippen LogP contribution in [0.15, 0.2) is 24.3 Å². The van der Waals surface area contributed by atoms with E-state index in [1.807, 2.05) is 0 Å². The van der Waals surface area contributed by atoms with Crippen molar-refractivity contribution in [3.8, 4) is 5.75 Å². The van der Waals surface area contributed by atoms with E-state index >= 15 is 0 Å². The fourth-order valence-electron chi connectivity index (χ4n) is 2.62. The molecular weight excluding hydrogens is 315 g/mol. The van der Waals surface area contributed by atoms with Gasteiger partial charge in [-0.25, -0.2) is 0 Å². The summed E-state index contributed by atoms with van der Waals surface area (Å²) in [6.07, 6.45) is -3.06. The molecule has 0 spiro atoms. The second-order valence-corrected chi connectivity index (χ2v) is 5.40. The largest absolute Gasteiger partial charge is 0.573 e. The fourth-order valence-corrected chi connectivity index (χ4v) is 2.62. The predicted molar refractivity (Wildman–Crippen MR) is 74.0 cm³/mol. The Balaban J connectivity index is 2.00. The molecule has 8 heteroatoms. The Morgan fingerprint density at radius 2 is 1.74 bits per heavy atom. The van der Waals surface area contributed by atoms with Crippen LogP contribution in [0.2, 0.25) is 0 Å². The molecule has 0 bridgehead atoms. The number of ether oxygens (including phenoxy) is 1. The van der Waals surface area contributed by atoms with Gasteiger partial charge >= 0.3 is 12.3 Å². The van der Waals surface area contributed by atoms with Gasteiger partial charge in [0.1, 0.15) is 5.75 Å². The molecule has 5 nitrogen and oxygen atoms in total. The molecule has 1 saturated carbocycles. The van der Waals surface area contributed by atoms with E-state index in [1.54, 1.807) is 0 Å². The number of amides is 1. The van der Waals surface area contributed by atoms with Gasteiger partial charge in [-0.3, -0.25) is 9.59 Å². The molecule has 0 unspecified atom stereocenters. The molecule has 126 valence electrons. The number of carboxylic acid groups (broad SMARTS) is 1. The number of alkyl halides is 3. The lowest BCUT2D eigenvalue weighted by molar-refractivity contribution is -0.274. The summed E-state index contributed by atoms with van der Waals surface area (Å²) < 4.78 is 40.9. The van der Waals surface area contributed by atoms with E-state index in [4.69, 9.17) is 5.11 Å². The van der Waals surface area contributed by atoms with Crippen LogP contribution in [0.5, 0.6) is 5.75 Å². The molecule has 2 rings (SSSR count). The number of halogens is 3. The minimum Gasteiger partial charge on any atom is -0.481 e. The van der Waals surface area contributed by atoms with Crippen LogP contribution in [0, 0.1) is 5.92 Å². The van der Waals surface area contributed by atoms with E-state index < -0.39 is 29.9 Å². The monoisotopic (exact) mass is 331 g/mol. The van der Waals surface area contributed by atoms with E-state index in [0.717, 1.165) is 6.07 Å². The number of carbonyl (C=O) groups is 2. The van der Waals surface area contributed by atoms with Gasteiger partial charge in [-0.15, -0.1) is 13.2 Å². The zero-order valence-corrected chi connectivity index (χ0v) is 12.1. The van der Waals surface area contributed by atoms with Crippen LogP contribution in [0.25, 0.3) is 0 Å². The molecule has 23 heavy (non-hydrogen) atoms. The lowest BCUT2D eigenvalue weighted by atomic mass is 9.86. The van der Waals surface area contributed by atoms with Crippen molar-refractivity contribution in [1.29, 1.82) is 0 Å². The second-order valence-electron chi connectivity index (χ2n) is 5.40. The van der Waals surface area contributed by atoms with Crippen molar-refractivity contribution in [2.75, 3.05) is 0 Å². The van der Waals surface area contributed by atoms with E-state index in [9.17, 15) is 22.8 Å². The third-order valence-electron chi connectivity index (χ3n) is 3.77. The summed E-state index contributed by atoms with van der Waals surface area (Å²) in [6.45, 7) is 0. The summed E-state index contributed by atoms with van der Waals surface area (Å²) in [7, 11) is 0. The highest BCUT2D eigenvalue weighted by molar-refractivity contribution is 5.97. The molecule has 2 N–H and O–H groups in total. The van der Waals surface area contributed by atoms with Crippen LogP contribution in [0.3, 0.4) is 0 Å². The van der Waals surface area contributed by atoms with Crippen LogP contribution in [0.4, 0.5) is 13.2 Å². The highest BCUT2D eigenvalue weighted by Gasteiger charge is 2.33. The molecule has 0 aliphatic heterocycles. The summed E-state index contributed by atoms with van der Waals surface area (Å²) >= 11 is 0. The quantitative estimate of drug-likeness (QED) is 0.889. The molecular formula is C15H16F3NO4. The highest BCUT2D eigenvalue weighted by atomic mass is 19.4. The van der Waals surface area contributed by atoms with Crippen LogP contribution >= 0.6 is 0 Å². The van der Waals surface area contributed by atoms with Crippen molar-refractivity contribution >= 4 is 11.9 Å². The summed E-state index contributed by atoms with van der Waals surface area (Å²) in [6, 6.07) is 4.86. The summed E-state index contributed by atoms with van der Waals surface area (Å²) in [5.41, 5.74) is -0.204. The van der Waals surface area contributed by atoms with Crippen LogP contribution in [0.1, 0.15) is 36.0 Å². The molecule has 0 heterocycles. The number of carboxylic acids is 1. The second kappa shape index (κ2) is 6.89. The average molecular weight is 331 g/mol. The van der Waals surface area contributed by atoms with Gasteiger partial charge in [0.2, 0.25) is 0 Å². The van der Waals surface area contributed by atoms with Gasteiger partial charge in [0.05, 0.1) is 11.5 Å². The van der Waals surface area contributed by atoms with Crippen LogP contribution < -0.4 is 10.1 Å². The Morgan fingerprint density at radius 3 is 2.30 bits per heavy atom. The maximum Gasteiger partial charge on any atom is 0.573 e. The normalized spacial score (nSPS) is 21.5. The molecule has 0 aromatic heterocycles. The first-order valence-electron chi connectivity index (χ1n) is 7.14. The fraction of sp³-hybridized carbons (Fsp3) is 0.467. The number of para-hydroxylation sites is 1. The van der Waals surface area contributed by atoms with Crippen LogP contribution in [-0.2, 0) is 4.79 Å². The molecule has 0 atom stereocenters. The van der Waals surface area contributed by atoms with Gasteiger partial charge in [-0.05, 0) is 37.8 Å². The number of nitrogens with one attached hydrogen (secondary N) is 1. The number of benzene rings is 1. The minimum atomic E-state index is -4.88.